The quantitative estimate of drug-likeness (QED) is 0.705. The van der Waals surface area contributed by atoms with Crippen LogP contribution in [0.2, 0.25) is 0 Å². The van der Waals surface area contributed by atoms with Crippen LogP contribution in [0, 0.1) is 18.8 Å². The predicted octanol–water partition coefficient (Wildman–Crippen LogP) is 2.43. The third-order valence-electron chi connectivity index (χ3n) is 5.23. The molecular formula is C20H21FN4O3. The molecule has 0 saturated heterocycles. The molecule has 1 atom stereocenters. The van der Waals surface area contributed by atoms with Crippen molar-refractivity contribution in [2.75, 3.05) is 7.11 Å². The first-order valence-corrected chi connectivity index (χ1v) is 9.10. The predicted molar refractivity (Wildman–Crippen MR) is 99.6 cm³/mol. The summed E-state index contributed by atoms with van der Waals surface area (Å²) >= 11 is 0. The van der Waals surface area contributed by atoms with Gasteiger partial charge in [-0.1, -0.05) is 12.1 Å². The van der Waals surface area contributed by atoms with Crippen LogP contribution in [0.15, 0.2) is 36.5 Å². The number of hydrogen-bond donors (Lipinski definition) is 2. The number of nitrogens with zero attached hydrogens (tertiary/aromatic N) is 3. The maximum atomic E-state index is 14.8. The lowest BCUT2D eigenvalue weighted by molar-refractivity contribution is 0.0233. The van der Waals surface area contributed by atoms with Crippen molar-refractivity contribution in [2.45, 2.75) is 31.9 Å². The number of carbonyl (C=O) groups is 1. The number of aryl methyl sites for hydroxylation is 1. The Morgan fingerprint density at radius 1 is 1.36 bits per heavy atom. The van der Waals surface area contributed by atoms with E-state index in [1.165, 1.54) is 11.5 Å². The average molecular weight is 384 g/mol. The van der Waals surface area contributed by atoms with Crippen LogP contribution in [0.4, 0.5) is 4.39 Å². The molecule has 3 aromatic rings. The Morgan fingerprint density at radius 3 is 2.75 bits per heavy atom. The van der Waals surface area contributed by atoms with Gasteiger partial charge in [0.15, 0.2) is 5.69 Å². The molecule has 0 bridgehead atoms. The SMILES string of the molecule is COc1ccc(C(NC(=O)c2nc3cccc(C)n3c2F)C2CC(O)C2)cn1. The van der Waals surface area contributed by atoms with Crippen LogP contribution in [-0.4, -0.2) is 38.6 Å². The van der Waals surface area contributed by atoms with Gasteiger partial charge in [-0.2, -0.15) is 4.39 Å². The summed E-state index contributed by atoms with van der Waals surface area (Å²) in [6, 6.07) is 8.28. The highest BCUT2D eigenvalue weighted by Gasteiger charge is 2.36. The van der Waals surface area contributed by atoms with E-state index in [1.54, 1.807) is 37.4 Å². The van der Waals surface area contributed by atoms with Crippen molar-refractivity contribution in [3.63, 3.8) is 0 Å². The van der Waals surface area contributed by atoms with Crippen molar-refractivity contribution in [1.29, 1.82) is 0 Å². The smallest absolute Gasteiger partial charge is 0.275 e. The van der Waals surface area contributed by atoms with E-state index >= 15 is 0 Å². The van der Waals surface area contributed by atoms with Gasteiger partial charge in [-0.25, -0.2) is 9.97 Å². The van der Waals surface area contributed by atoms with Gasteiger partial charge in [0.1, 0.15) is 5.65 Å². The lowest BCUT2D eigenvalue weighted by Gasteiger charge is -2.38. The summed E-state index contributed by atoms with van der Waals surface area (Å²) in [6.07, 6.45) is 2.36. The topological polar surface area (TPSA) is 88.8 Å². The minimum Gasteiger partial charge on any atom is -0.481 e. The zero-order valence-corrected chi connectivity index (χ0v) is 15.6. The number of fused-ring (bicyclic) bond motifs is 1. The van der Waals surface area contributed by atoms with Gasteiger partial charge < -0.3 is 15.2 Å². The third kappa shape index (κ3) is 3.20. The van der Waals surface area contributed by atoms with Crippen molar-refractivity contribution < 1.29 is 19.0 Å². The first-order chi connectivity index (χ1) is 13.5. The molecule has 3 heterocycles. The maximum absolute atomic E-state index is 14.8. The summed E-state index contributed by atoms with van der Waals surface area (Å²) < 4.78 is 21.2. The molecular weight excluding hydrogens is 363 g/mol. The molecule has 0 radical (unpaired) electrons. The second kappa shape index (κ2) is 7.20. The van der Waals surface area contributed by atoms with E-state index in [1.807, 2.05) is 6.07 Å². The van der Waals surface area contributed by atoms with E-state index in [2.05, 4.69) is 15.3 Å². The molecule has 28 heavy (non-hydrogen) atoms. The van der Waals surface area contributed by atoms with Crippen LogP contribution >= 0.6 is 0 Å². The van der Waals surface area contributed by atoms with E-state index in [9.17, 15) is 14.3 Å². The molecule has 1 saturated carbocycles. The highest BCUT2D eigenvalue weighted by Crippen LogP contribution is 2.38. The van der Waals surface area contributed by atoms with Gasteiger partial charge in [0.05, 0.1) is 19.3 Å². The number of methoxy groups -OCH3 is 1. The molecule has 146 valence electrons. The second-order valence-corrected chi connectivity index (χ2v) is 7.08. The van der Waals surface area contributed by atoms with Gasteiger partial charge in [0.25, 0.3) is 5.91 Å². The molecule has 0 aromatic carbocycles. The molecule has 0 aliphatic heterocycles. The summed E-state index contributed by atoms with van der Waals surface area (Å²) in [5.41, 5.74) is 1.55. The molecule has 3 aromatic heterocycles. The van der Waals surface area contributed by atoms with Crippen LogP contribution in [0.25, 0.3) is 5.65 Å². The minimum atomic E-state index is -0.689. The normalized spacial score (nSPS) is 19.9. The standard InChI is InChI=1S/C20H21FN4O3/c1-11-4-3-5-15-23-18(19(21)25(11)15)20(27)24-17(13-8-14(26)9-13)12-6-7-16(28-2)22-10-12/h3-7,10,13-14,17,26H,8-9H2,1-2H3,(H,24,27). The molecule has 1 amide bonds. The van der Waals surface area contributed by atoms with Gasteiger partial charge >= 0.3 is 0 Å². The van der Waals surface area contributed by atoms with E-state index in [4.69, 9.17) is 4.74 Å². The van der Waals surface area contributed by atoms with Gasteiger partial charge in [-0.3, -0.25) is 9.20 Å². The zero-order valence-electron chi connectivity index (χ0n) is 15.6. The van der Waals surface area contributed by atoms with Gasteiger partial charge in [-0.15, -0.1) is 0 Å². The number of pyridine rings is 2. The molecule has 8 heteroatoms. The molecule has 1 unspecified atom stereocenters. The number of hydrogen-bond acceptors (Lipinski definition) is 5. The van der Waals surface area contributed by atoms with E-state index < -0.39 is 17.9 Å². The number of rotatable bonds is 5. The van der Waals surface area contributed by atoms with E-state index in [0.717, 1.165) is 5.56 Å². The maximum Gasteiger partial charge on any atom is 0.275 e. The van der Waals surface area contributed by atoms with Crippen LogP contribution in [0.1, 0.15) is 40.6 Å². The number of imidazole rings is 1. The Morgan fingerprint density at radius 2 is 2.14 bits per heavy atom. The summed E-state index contributed by atoms with van der Waals surface area (Å²) in [5, 5.41) is 12.6. The molecule has 7 nitrogen and oxygen atoms in total. The summed E-state index contributed by atoms with van der Waals surface area (Å²) in [6.45, 7) is 1.75. The zero-order chi connectivity index (χ0) is 19.8. The van der Waals surface area contributed by atoms with Crippen molar-refractivity contribution in [3.05, 3.63) is 59.4 Å². The Labute approximate surface area is 161 Å². The number of amides is 1. The number of aliphatic hydroxyl groups is 1. The largest absolute Gasteiger partial charge is 0.481 e. The summed E-state index contributed by atoms with van der Waals surface area (Å²) in [5.74, 6) is -0.783. The van der Waals surface area contributed by atoms with Crippen LogP contribution in [0.3, 0.4) is 0 Å². The lowest BCUT2D eigenvalue weighted by atomic mass is 9.75. The monoisotopic (exact) mass is 384 g/mol. The Bertz CT molecular complexity index is 1010. The van der Waals surface area contributed by atoms with Crippen LogP contribution in [0.5, 0.6) is 5.88 Å². The molecule has 4 rings (SSSR count). The van der Waals surface area contributed by atoms with Crippen molar-refractivity contribution in [2.24, 2.45) is 5.92 Å². The Kier molecular flexibility index (Phi) is 4.72. The van der Waals surface area contributed by atoms with E-state index in [0.29, 0.717) is 30.1 Å². The molecule has 2 N–H and O–H groups in total. The number of nitrogens with one attached hydrogen (secondary N) is 1. The van der Waals surface area contributed by atoms with Gasteiger partial charge in [0, 0.05) is 18.0 Å². The van der Waals surface area contributed by atoms with Crippen molar-refractivity contribution >= 4 is 11.6 Å². The molecule has 1 aliphatic rings. The lowest BCUT2D eigenvalue weighted by Crippen LogP contribution is -2.41. The second-order valence-electron chi connectivity index (χ2n) is 7.08. The number of aromatic nitrogens is 3. The highest BCUT2D eigenvalue weighted by molar-refractivity contribution is 5.93. The number of aliphatic hydroxyl groups excluding tert-OH is 1. The molecule has 1 aliphatic carbocycles. The van der Waals surface area contributed by atoms with Gasteiger partial charge in [-0.05, 0) is 43.4 Å². The number of ether oxygens (including phenoxy) is 1. The fourth-order valence-electron chi connectivity index (χ4n) is 3.64. The minimum absolute atomic E-state index is 0.0379. The van der Waals surface area contributed by atoms with Crippen molar-refractivity contribution in [1.82, 2.24) is 19.7 Å². The van der Waals surface area contributed by atoms with Crippen molar-refractivity contribution in [3.8, 4) is 5.88 Å². The highest BCUT2D eigenvalue weighted by atomic mass is 19.1. The van der Waals surface area contributed by atoms with E-state index in [-0.39, 0.29) is 17.7 Å². The fourth-order valence-corrected chi connectivity index (χ4v) is 3.64. The molecule has 1 fully saturated rings. The number of carbonyl (C=O) groups excluding carboxylic acids is 1. The Hall–Kier alpha value is -3.00. The Balaban J connectivity index is 1.64. The average Bonchev–Trinajstić information content (AvgIpc) is 3.02. The first-order valence-electron chi connectivity index (χ1n) is 9.10. The summed E-state index contributed by atoms with van der Waals surface area (Å²) in [4.78, 5) is 21.2. The number of halogens is 1. The van der Waals surface area contributed by atoms with Crippen LogP contribution < -0.4 is 10.1 Å². The molecule has 0 spiro atoms. The fraction of sp³-hybridized carbons (Fsp3) is 0.350. The third-order valence-corrected chi connectivity index (χ3v) is 5.23. The first kappa shape index (κ1) is 18.4. The van der Waals surface area contributed by atoms with Crippen LogP contribution in [-0.2, 0) is 0 Å². The van der Waals surface area contributed by atoms with Gasteiger partial charge in [0.2, 0.25) is 11.8 Å². The summed E-state index contributed by atoms with van der Waals surface area (Å²) in [7, 11) is 1.53.